The standard InChI is InChI=1S/C17H14FN3O2/c1-10-4-3-5-11(2)14(10)19-15(22)17-21-20-16(23-17)12-6-8-13(18)9-7-12/h3-9H,1-2H3,(H,19,22). The summed E-state index contributed by atoms with van der Waals surface area (Å²) in [7, 11) is 0. The number of halogens is 1. The van der Waals surface area contributed by atoms with Gasteiger partial charge in [-0.25, -0.2) is 4.39 Å². The van der Waals surface area contributed by atoms with Crippen molar-refractivity contribution in [3.05, 3.63) is 65.3 Å². The molecule has 1 amide bonds. The lowest BCUT2D eigenvalue weighted by molar-refractivity contribution is 0.0990. The number of para-hydroxylation sites is 1. The third kappa shape index (κ3) is 3.11. The molecule has 6 heteroatoms. The highest BCUT2D eigenvalue weighted by Crippen LogP contribution is 2.22. The Morgan fingerprint density at radius 2 is 1.70 bits per heavy atom. The Bertz CT molecular complexity index is 836. The van der Waals surface area contributed by atoms with Crippen molar-refractivity contribution in [1.82, 2.24) is 10.2 Å². The fraction of sp³-hybridized carbons (Fsp3) is 0.118. The molecule has 0 fully saturated rings. The number of amides is 1. The Morgan fingerprint density at radius 1 is 1.04 bits per heavy atom. The van der Waals surface area contributed by atoms with Crippen LogP contribution in [0.15, 0.2) is 46.9 Å². The number of carbonyl (C=O) groups excluding carboxylic acids is 1. The summed E-state index contributed by atoms with van der Waals surface area (Å²) in [6, 6.07) is 11.3. The lowest BCUT2D eigenvalue weighted by atomic mass is 10.1. The minimum absolute atomic E-state index is 0.146. The Balaban J connectivity index is 1.83. The van der Waals surface area contributed by atoms with Gasteiger partial charge in [-0.3, -0.25) is 4.79 Å². The van der Waals surface area contributed by atoms with Gasteiger partial charge in [0, 0.05) is 11.3 Å². The topological polar surface area (TPSA) is 68.0 Å². The number of benzene rings is 2. The van der Waals surface area contributed by atoms with Crippen LogP contribution in [0.1, 0.15) is 21.8 Å². The van der Waals surface area contributed by atoms with Crippen LogP contribution in [-0.4, -0.2) is 16.1 Å². The van der Waals surface area contributed by atoms with E-state index in [4.69, 9.17) is 4.42 Å². The van der Waals surface area contributed by atoms with Crippen LogP contribution in [0.5, 0.6) is 0 Å². The van der Waals surface area contributed by atoms with Gasteiger partial charge in [-0.15, -0.1) is 10.2 Å². The van der Waals surface area contributed by atoms with Crippen molar-refractivity contribution in [2.45, 2.75) is 13.8 Å². The second-order valence-electron chi connectivity index (χ2n) is 5.14. The minimum Gasteiger partial charge on any atom is -0.412 e. The summed E-state index contributed by atoms with van der Waals surface area (Å²) in [5, 5.41) is 10.3. The molecule has 0 aliphatic heterocycles. The molecular weight excluding hydrogens is 297 g/mol. The van der Waals surface area contributed by atoms with Gasteiger partial charge in [0.25, 0.3) is 0 Å². The van der Waals surface area contributed by atoms with Crippen LogP contribution in [0, 0.1) is 19.7 Å². The van der Waals surface area contributed by atoms with Crippen LogP contribution in [-0.2, 0) is 0 Å². The highest BCUT2D eigenvalue weighted by molar-refractivity contribution is 6.01. The van der Waals surface area contributed by atoms with E-state index >= 15 is 0 Å². The number of nitrogens with zero attached hydrogens (tertiary/aromatic N) is 2. The summed E-state index contributed by atoms with van der Waals surface area (Å²) in [5.74, 6) is -0.826. The zero-order valence-electron chi connectivity index (χ0n) is 12.6. The van der Waals surface area contributed by atoms with Crippen molar-refractivity contribution >= 4 is 11.6 Å². The number of rotatable bonds is 3. The van der Waals surface area contributed by atoms with Gasteiger partial charge in [0.1, 0.15) is 5.82 Å². The number of aromatic nitrogens is 2. The van der Waals surface area contributed by atoms with Crippen LogP contribution < -0.4 is 5.32 Å². The fourth-order valence-electron chi connectivity index (χ4n) is 2.20. The van der Waals surface area contributed by atoms with Crippen LogP contribution >= 0.6 is 0 Å². The van der Waals surface area contributed by atoms with E-state index in [1.807, 2.05) is 32.0 Å². The van der Waals surface area contributed by atoms with E-state index in [0.717, 1.165) is 16.8 Å². The Morgan fingerprint density at radius 3 is 2.35 bits per heavy atom. The van der Waals surface area contributed by atoms with Crippen molar-refractivity contribution in [1.29, 1.82) is 0 Å². The van der Waals surface area contributed by atoms with Gasteiger partial charge in [0.2, 0.25) is 5.89 Å². The molecule has 5 nitrogen and oxygen atoms in total. The monoisotopic (exact) mass is 311 g/mol. The number of hydrogen-bond donors (Lipinski definition) is 1. The molecule has 0 unspecified atom stereocenters. The summed E-state index contributed by atoms with van der Waals surface area (Å²) in [6.07, 6.45) is 0. The molecule has 116 valence electrons. The average molecular weight is 311 g/mol. The van der Waals surface area contributed by atoms with Gasteiger partial charge in [-0.1, -0.05) is 18.2 Å². The third-order valence-electron chi connectivity index (χ3n) is 3.43. The smallest absolute Gasteiger partial charge is 0.313 e. The largest absolute Gasteiger partial charge is 0.412 e. The molecule has 2 aromatic carbocycles. The van der Waals surface area contributed by atoms with E-state index in [9.17, 15) is 9.18 Å². The molecule has 3 rings (SSSR count). The highest BCUT2D eigenvalue weighted by atomic mass is 19.1. The predicted molar refractivity (Wildman–Crippen MR) is 83.6 cm³/mol. The number of nitrogens with one attached hydrogen (secondary N) is 1. The second-order valence-corrected chi connectivity index (χ2v) is 5.14. The second kappa shape index (κ2) is 6.00. The van der Waals surface area contributed by atoms with Crippen molar-refractivity contribution in [2.75, 3.05) is 5.32 Å². The Hall–Kier alpha value is -3.02. The molecule has 0 aliphatic rings. The van der Waals surface area contributed by atoms with E-state index in [-0.39, 0.29) is 17.6 Å². The number of hydrogen-bond acceptors (Lipinski definition) is 4. The van der Waals surface area contributed by atoms with E-state index < -0.39 is 5.91 Å². The lowest BCUT2D eigenvalue weighted by Crippen LogP contribution is -2.14. The molecule has 0 saturated carbocycles. The first-order valence-electron chi connectivity index (χ1n) is 7.01. The average Bonchev–Trinajstić information content (AvgIpc) is 3.02. The summed E-state index contributed by atoms with van der Waals surface area (Å²) in [5.41, 5.74) is 3.15. The molecule has 3 aromatic rings. The molecule has 1 heterocycles. The maximum Gasteiger partial charge on any atom is 0.313 e. The van der Waals surface area contributed by atoms with E-state index in [0.29, 0.717) is 5.56 Å². The molecular formula is C17H14FN3O2. The molecule has 0 spiro atoms. The number of aryl methyl sites for hydroxylation is 2. The summed E-state index contributed by atoms with van der Waals surface area (Å²) in [4.78, 5) is 12.2. The molecule has 0 bridgehead atoms. The normalized spacial score (nSPS) is 10.6. The Kier molecular flexibility index (Phi) is 3.89. The van der Waals surface area contributed by atoms with Crippen molar-refractivity contribution in [2.24, 2.45) is 0 Å². The summed E-state index contributed by atoms with van der Waals surface area (Å²) >= 11 is 0. The SMILES string of the molecule is Cc1cccc(C)c1NC(=O)c1nnc(-c2ccc(F)cc2)o1. The molecule has 0 atom stereocenters. The van der Waals surface area contributed by atoms with Crippen LogP contribution in [0.4, 0.5) is 10.1 Å². The number of carbonyl (C=O) groups is 1. The van der Waals surface area contributed by atoms with E-state index in [1.54, 1.807) is 0 Å². The molecule has 1 aromatic heterocycles. The van der Waals surface area contributed by atoms with Gasteiger partial charge in [-0.05, 0) is 49.2 Å². The van der Waals surface area contributed by atoms with Gasteiger partial charge >= 0.3 is 11.8 Å². The lowest BCUT2D eigenvalue weighted by Gasteiger charge is -2.09. The van der Waals surface area contributed by atoms with E-state index in [1.165, 1.54) is 24.3 Å². The van der Waals surface area contributed by atoms with Crippen LogP contribution in [0.2, 0.25) is 0 Å². The molecule has 1 N–H and O–H groups in total. The van der Waals surface area contributed by atoms with Gasteiger partial charge in [-0.2, -0.15) is 0 Å². The third-order valence-corrected chi connectivity index (χ3v) is 3.43. The first-order chi connectivity index (χ1) is 11.0. The molecule has 0 radical (unpaired) electrons. The molecule has 0 saturated heterocycles. The summed E-state index contributed by atoms with van der Waals surface area (Å²) < 4.78 is 18.3. The highest BCUT2D eigenvalue weighted by Gasteiger charge is 2.17. The zero-order valence-corrected chi connectivity index (χ0v) is 12.6. The van der Waals surface area contributed by atoms with Crippen LogP contribution in [0.25, 0.3) is 11.5 Å². The molecule has 0 aliphatic carbocycles. The van der Waals surface area contributed by atoms with Gasteiger partial charge in [0.05, 0.1) is 0 Å². The summed E-state index contributed by atoms with van der Waals surface area (Å²) in [6.45, 7) is 3.81. The molecule has 23 heavy (non-hydrogen) atoms. The van der Waals surface area contributed by atoms with E-state index in [2.05, 4.69) is 15.5 Å². The predicted octanol–water partition coefficient (Wildman–Crippen LogP) is 3.74. The maximum absolute atomic E-state index is 12.9. The van der Waals surface area contributed by atoms with Crippen molar-refractivity contribution < 1.29 is 13.6 Å². The van der Waals surface area contributed by atoms with Crippen molar-refractivity contribution in [3.63, 3.8) is 0 Å². The minimum atomic E-state index is -0.483. The maximum atomic E-state index is 12.9. The Labute approximate surface area is 132 Å². The zero-order chi connectivity index (χ0) is 16.4. The van der Waals surface area contributed by atoms with Gasteiger partial charge in [0.15, 0.2) is 0 Å². The first kappa shape index (κ1) is 14.9. The fourth-order valence-corrected chi connectivity index (χ4v) is 2.20. The first-order valence-corrected chi connectivity index (χ1v) is 7.01. The quantitative estimate of drug-likeness (QED) is 0.800. The van der Waals surface area contributed by atoms with Crippen molar-refractivity contribution in [3.8, 4) is 11.5 Å². The number of anilines is 1. The van der Waals surface area contributed by atoms with Crippen LogP contribution in [0.3, 0.4) is 0 Å². The van der Waals surface area contributed by atoms with Gasteiger partial charge < -0.3 is 9.73 Å².